The molecule has 0 saturated heterocycles. The van der Waals surface area contributed by atoms with Gasteiger partial charge in [-0.1, -0.05) is 23.7 Å². The standard InChI is InChI=1S/C16H15ClN6O3/c17-12-3-1-2-4-13(12)26-6-5-19-15(24)11-7-20-14(22-16(11)25)8-23-10-18-9-21-23/h1-4,7,9-10H,5-6,8H2,(H,19,24)(H,20,22,25). The SMILES string of the molecule is O=C(NCCOc1ccccc1Cl)c1cnc(Cn2cncn2)[nH]c1=O. The lowest BCUT2D eigenvalue weighted by molar-refractivity contribution is 0.0945. The maximum Gasteiger partial charge on any atom is 0.263 e. The van der Waals surface area contributed by atoms with Crippen LogP contribution in [0.3, 0.4) is 0 Å². The average Bonchev–Trinajstić information content (AvgIpc) is 3.13. The predicted molar refractivity (Wildman–Crippen MR) is 93.3 cm³/mol. The zero-order valence-corrected chi connectivity index (χ0v) is 14.3. The minimum absolute atomic E-state index is 0.0786. The Bertz CT molecular complexity index is 941. The monoisotopic (exact) mass is 374 g/mol. The van der Waals surface area contributed by atoms with E-state index < -0.39 is 11.5 Å². The third-order valence-corrected chi connectivity index (χ3v) is 3.67. The number of para-hydroxylation sites is 1. The first kappa shape index (κ1) is 17.6. The van der Waals surface area contributed by atoms with Gasteiger partial charge in [-0.15, -0.1) is 0 Å². The smallest absolute Gasteiger partial charge is 0.263 e. The zero-order chi connectivity index (χ0) is 18.4. The van der Waals surface area contributed by atoms with Crippen molar-refractivity contribution in [3.63, 3.8) is 0 Å². The number of carbonyl (C=O) groups excluding carboxylic acids is 1. The molecule has 9 nitrogen and oxygen atoms in total. The molecule has 0 atom stereocenters. The highest BCUT2D eigenvalue weighted by Gasteiger charge is 2.12. The number of nitrogens with one attached hydrogen (secondary N) is 2. The number of aromatic amines is 1. The van der Waals surface area contributed by atoms with Crippen LogP contribution in [-0.2, 0) is 6.54 Å². The number of carbonyl (C=O) groups is 1. The summed E-state index contributed by atoms with van der Waals surface area (Å²) in [4.78, 5) is 34.6. The fourth-order valence-electron chi connectivity index (χ4n) is 2.12. The summed E-state index contributed by atoms with van der Waals surface area (Å²) in [6.45, 7) is 0.679. The van der Waals surface area contributed by atoms with Crippen LogP contribution in [0.5, 0.6) is 5.75 Å². The molecule has 10 heteroatoms. The Labute approximate surface area is 153 Å². The number of hydrogen-bond donors (Lipinski definition) is 2. The summed E-state index contributed by atoms with van der Waals surface area (Å²) in [7, 11) is 0. The zero-order valence-electron chi connectivity index (χ0n) is 13.6. The van der Waals surface area contributed by atoms with Gasteiger partial charge in [-0.25, -0.2) is 14.6 Å². The molecule has 0 unspecified atom stereocenters. The van der Waals surface area contributed by atoms with Crippen LogP contribution in [0, 0.1) is 0 Å². The molecule has 3 rings (SSSR count). The van der Waals surface area contributed by atoms with E-state index in [9.17, 15) is 9.59 Å². The number of benzene rings is 1. The normalized spacial score (nSPS) is 10.5. The number of H-pyrrole nitrogens is 1. The molecule has 2 aromatic heterocycles. The van der Waals surface area contributed by atoms with E-state index in [-0.39, 0.29) is 25.3 Å². The van der Waals surface area contributed by atoms with Gasteiger partial charge in [0.25, 0.3) is 11.5 Å². The van der Waals surface area contributed by atoms with E-state index in [0.717, 1.165) is 0 Å². The Morgan fingerprint density at radius 1 is 1.35 bits per heavy atom. The lowest BCUT2D eigenvalue weighted by atomic mass is 10.3. The molecule has 3 aromatic rings. The van der Waals surface area contributed by atoms with Crippen molar-refractivity contribution < 1.29 is 9.53 Å². The molecule has 0 saturated carbocycles. The highest BCUT2D eigenvalue weighted by atomic mass is 35.5. The molecule has 0 aliphatic carbocycles. The highest BCUT2D eigenvalue weighted by Crippen LogP contribution is 2.22. The first-order valence-corrected chi connectivity index (χ1v) is 8.07. The van der Waals surface area contributed by atoms with Crippen LogP contribution in [0.25, 0.3) is 0 Å². The van der Waals surface area contributed by atoms with Crippen LogP contribution in [0.4, 0.5) is 0 Å². The minimum Gasteiger partial charge on any atom is -0.490 e. The Morgan fingerprint density at radius 3 is 2.92 bits per heavy atom. The number of halogens is 1. The number of nitrogens with zero attached hydrogens (tertiary/aromatic N) is 4. The summed E-state index contributed by atoms with van der Waals surface area (Å²) in [5.41, 5.74) is -0.607. The summed E-state index contributed by atoms with van der Waals surface area (Å²) < 4.78 is 6.97. The molecule has 0 spiro atoms. The number of hydrogen-bond acceptors (Lipinski definition) is 6. The van der Waals surface area contributed by atoms with Crippen molar-refractivity contribution >= 4 is 17.5 Å². The molecule has 0 aliphatic rings. The Morgan fingerprint density at radius 2 is 2.19 bits per heavy atom. The lowest BCUT2D eigenvalue weighted by Gasteiger charge is -2.09. The quantitative estimate of drug-likeness (QED) is 0.593. The van der Waals surface area contributed by atoms with Crippen LogP contribution < -0.4 is 15.6 Å². The number of rotatable bonds is 7. The molecule has 134 valence electrons. The van der Waals surface area contributed by atoms with Crippen LogP contribution in [0.1, 0.15) is 16.2 Å². The topological polar surface area (TPSA) is 115 Å². The van der Waals surface area contributed by atoms with E-state index in [2.05, 4.69) is 25.4 Å². The van der Waals surface area contributed by atoms with Crippen LogP contribution >= 0.6 is 11.6 Å². The molecule has 1 amide bonds. The third-order valence-electron chi connectivity index (χ3n) is 3.36. The van der Waals surface area contributed by atoms with E-state index in [1.807, 2.05) is 0 Å². The van der Waals surface area contributed by atoms with Gasteiger partial charge in [-0.2, -0.15) is 5.10 Å². The third kappa shape index (κ3) is 4.45. The fraction of sp³-hybridized carbons (Fsp3) is 0.188. The summed E-state index contributed by atoms with van der Waals surface area (Å²) in [5, 5.41) is 7.01. The fourth-order valence-corrected chi connectivity index (χ4v) is 2.31. The van der Waals surface area contributed by atoms with Gasteiger partial charge in [-0.3, -0.25) is 9.59 Å². The van der Waals surface area contributed by atoms with Crippen molar-refractivity contribution in [3.8, 4) is 5.75 Å². The van der Waals surface area contributed by atoms with E-state index in [1.54, 1.807) is 24.3 Å². The number of amides is 1. The molecule has 0 aliphatic heterocycles. The predicted octanol–water partition coefficient (Wildman–Crippen LogP) is 0.872. The Hall–Kier alpha value is -3.20. The maximum absolute atomic E-state index is 12.1. The van der Waals surface area contributed by atoms with Gasteiger partial charge in [0.2, 0.25) is 0 Å². The van der Waals surface area contributed by atoms with Gasteiger partial charge in [0, 0.05) is 6.20 Å². The first-order valence-electron chi connectivity index (χ1n) is 7.69. The van der Waals surface area contributed by atoms with Gasteiger partial charge in [0.15, 0.2) is 0 Å². The van der Waals surface area contributed by atoms with Crippen LogP contribution in [0.2, 0.25) is 5.02 Å². The van der Waals surface area contributed by atoms with Gasteiger partial charge in [-0.05, 0) is 12.1 Å². The summed E-state index contributed by atoms with van der Waals surface area (Å²) in [5.74, 6) is 0.369. The van der Waals surface area contributed by atoms with E-state index >= 15 is 0 Å². The summed E-state index contributed by atoms with van der Waals surface area (Å²) in [6, 6.07) is 7.03. The van der Waals surface area contributed by atoms with Crippen molar-refractivity contribution in [2.24, 2.45) is 0 Å². The van der Waals surface area contributed by atoms with Crippen molar-refractivity contribution in [2.75, 3.05) is 13.2 Å². The molecular weight excluding hydrogens is 360 g/mol. The molecule has 0 radical (unpaired) electrons. The second kappa shape index (κ2) is 8.26. The first-order chi connectivity index (χ1) is 12.6. The van der Waals surface area contributed by atoms with Crippen molar-refractivity contribution in [1.29, 1.82) is 0 Å². The van der Waals surface area contributed by atoms with Crippen molar-refractivity contribution in [2.45, 2.75) is 6.54 Å². The Balaban J connectivity index is 1.53. The molecule has 0 fully saturated rings. The molecule has 0 bridgehead atoms. The second-order valence-electron chi connectivity index (χ2n) is 5.20. The van der Waals surface area contributed by atoms with Crippen LogP contribution in [0.15, 0.2) is 47.9 Å². The average molecular weight is 375 g/mol. The lowest BCUT2D eigenvalue weighted by Crippen LogP contribution is -2.33. The van der Waals surface area contributed by atoms with Gasteiger partial charge < -0.3 is 15.0 Å². The maximum atomic E-state index is 12.1. The minimum atomic E-state index is -0.534. The van der Waals surface area contributed by atoms with Crippen molar-refractivity contribution in [3.05, 3.63) is 69.9 Å². The van der Waals surface area contributed by atoms with E-state index in [0.29, 0.717) is 16.6 Å². The van der Waals surface area contributed by atoms with E-state index in [1.165, 1.54) is 23.5 Å². The highest BCUT2D eigenvalue weighted by molar-refractivity contribution is 6.32. The van der Waals surface area contributed by atoms with Gasteiger partial charge in [0.1, 0.15) is 42.9 Å². The summed E-state index contributed by atoms with van der Waals surface area (Å²) in [6.07, 6.45) is 4.11. The molecular formula is C16H15ClN6O3. The molecule has 2 N–H and O–H groups in total. The second-order valence-corrected chi connectivity index (χ2v) is 5.61. The molecule has 26 heavy (non-hydrogen) atoms. The molecule has 1 aromatic carbocycles. The van der Waals surface area contributed by atoms with Gasteiger partial charge >= 0.3 is 0 Å². The largest absolute Gasteiger partial charge is 0.490 e. The van der Waals surface area contributed by atoms with Crippen LogP contribution in [-0.4, -0.2) is 43.8 Å². The Kier molecular flexibility index (Phi) is 5.59. The van der Waals surface area contributed by atoms with E-state index in [4.69, 9.17) is 16.3 Å². The number of aromatic nitrogens is 5. The number of ether oxygens (including phenoxy) is 1. The van der Waals surface area contributed by atoms with Crippen molar-refractivity contribution in [1.82, 2.24) is 30.0 Å². The molecule has 2 heterocycles. The van der Waals surface area contributed by atoms with Gasteiger partial charge in [0.05, 0.1) is 11.6 Å². The summed E-state index contributed by atoms with van der Waals surface area (Å²) >= 11 is 5.97.